The molecule has 0 saturated carbocycles. The molecule has 1 aromatic heterocycles. The largest absolute Gasteiger partial charge is 0.477 e. The smallest absolute Gasteiger partial charge is 0.225 e. The molecule has 0 amide bonds. The first kappa shape index (κ1) is 11.1. The molecule has 1 aliphatic rings. The third kappa shape index (κ3) is 2.41. The Morgan fingerprint density at radius 1 is 1.50 bits per heavy atom. The van der Waals surface area contributed by atoms with Crippen molar-refractivity contribution in [2.24, 2.45) is 5.41 Å². The highest BCUT2D eigenvalue weighted by atomic mass is 16.5. The molecule has 5 heteroatoms. The van der Waals surface area contributed by atoms with Gasteiger partial charge < -0.3 is 14.8 Å². The Morgan fingerprint density at radius 3 is 2.81 bits per heavy atom. The van der Waals surface area contributed by atoms with E-state index < -0.39 is 0 Å². The lowest BCUT2D eigenvalue weighted by molar-refractivity contribution is -0.120. The zero-order valence-corrected chi connectivity index (χ0v) is 9.91. The highest BCUT2D eigenvalue weighted by Gasteiger charge is 2.34. The maximum absolute atomic E-state index is 5.67. The summed E-state index contributed by atoms with van der Waals surface area (Å²) >= 11 is 0. The maximum atomic E-state index is 5.67. The summed E-state index contributed by atoms with van der Waals surface area (Å²) < 4.78 is 10.8. The second-order valence-corrected chi connectivity index (χ2v) is 4.51. The van der Waals surface area contributed by atoms with Crippen molar-refractivity contribution in [1.29, 1.82) is 0 Å². The second-order valence-electron chi connectivity index (χ2n) is 4.51. The van der Waals surface area contributed by atoms with Crippen LogP contribution in [-0.4, -0.2) is 36.8 Å². The Bertz CT molecular complexity index is 377. The summed E-state index contributed by atoms with van der Waals surface area (Å²) in [6, 6.07) is 1.84. The van der Waals surface area contributed by atoms with Crippen molar-refractivity contribution in [2.75, 3.05) is 32.2 Å². The number of aromatic nitrogens is 2. The van der Waals surface area contributed by atoms with Crippen LogP contribution < -0.4 is 10.1 Å². The van der Waals surface area contributed by atoms with Crippen LogP contribution >= 0.6 is 0 Å². The molecule has 2 rings (SSSR count). The van der Waals surface area contributed by atoms with Crippen molar-refractivity contribution < 1.29 is 9.47 Å². The van der Waals surface area contributed by atoms with Crippen molar-refractivity contribution in [3.8, 4) is 5.88 Å². The van der Waals surface area contributed by atoms with Gasteiger partial charge >= 0.3 is 0 Å². The summed E-state index contributed by atoms with van der Waals surface area (Å²) in [5, 5.41) is 2.91. The monoisotopic (exact) mass is 223 g/mol. The van der Waals surface area contributed by atoms with Gasteiger partial charge in [0.25, 0.3) is 0 Å². The minimum atomic E-state index is 0.138. The minimum Gasteiger partial charge on any atom is -0.477 e. The van der Waals surface area contributed by atoms with Gasteiger partial charge in [0.1, 0.15) is 0 Å². The summed E-state index contributed by atoms with van der Waals surface area (Å²) in [4.78, 5) is 8.43. The fraction of sp³-hybridized carbons (Fsp3) is 0.636. The number of nitrogens with zero attached hydrogens (tertiary/aromatic N) is 2. The molecule has 16 heavy (non-hydrogen) atoms. The molecule has 0 radical (unpaired) electrons. The van der Waals surface area contributed by atoms with E-state index in [0.29, 0.717) is 18.4 Å². The zero-order chi connectivity index (χ0) is 11.6. The molecule has 0 spiro atoms. The van der Waals surface area contributed by atoms with E-state index in [2.05, 4.69) is 22.2 Å². The van der Waals surface area contributed by atoms with E-state index in [9.17, 15) is 0 Å². The third-order valence-corrected chi connectivity index (χ3v) is 2.52. The van der Waals surface area contributed by atoms with E-state index in [0.717, 1.165) is 18.9 Å². The van der Waals surface area contributed by atoms with Gasteiger partial charge in [-0.3, -0.25) is 0 Å². The predicted molar refractivity (Wildman–Crippen MR) is 60.7 cm³/mol. The summed E-state index contributed by atoms with van der Waals surface area (Å²) in [7, 11) is 1.79. The molecule has 1 N–H and O–H groups in total. The summed E-state index contributed by atoms with van der Waals surface area (Å²) in [5.74, 6) is 1.20. The number of nitrogens with one attached hydrogen (secondary N) is 1. The highest BCUT2D eigenvalue weighted by Crippen LogP contribution is 2.27. The Labute approximate surface area is 95.2 Å². The van der Waals surface area contributed by atoms with Gasteiger partial charge in [0.05, 0.1) is 19.8 Å². The SMILES string of the molecule is CNc1nc(C)cc(OCC2(C)COC2)n1. The first-order valence-electron chi connectivity index (χ1n) is 5.35. The van der Waals surface area contributed by atoms with Crippen molar-refractivity contribution in [3.05, 3.63) is 11.8 Å². The van der Waals surface area contributed by atoms with Crippen LogP contribution in [0.25, 0.3) is 0 Å². The number of hydrogen-bond donors (Lipinski definition) is 1. The van der Waals surface area contributed by atoms with Gasteiger partial charge in [-0.25, -0.2) is 4.98 Å². The van der Waals surface area contributed by atoms with Crippen LogP contribution in [0.1, 0.15) is 12.6 Å². The molecule has 1 fully saturated rings. The molecule has 0 aliphatic carbocycles. The van der Waals surface area contributed by atoms with Crippen LogP contribution in [0, 0.1) is 12.3 Å². The molecule has 1 aliphatic heterocycles. The van der Waals surface area contributed by atoms with Crippen LogP contribution in [0.4, 0.5) is 5.95 Å². The van der Waals surface area contributed by atoms with E-state index in [1.807, 2.05) is 13.0 Å². The molecule has 5 nitrogen and oxygen atoms in total. The molecule has 1 saturated heterocycles. The Kier molecular flexibility index (Phi) is 2.96. The van der Waals surface area contributed by atoms with E-state index in [1.54, 1.807) is 7.05 Å². The fourth-order valence-electron chi connectivity index (χ4n) is 1.51. The minimum absolute atomic E-state index is 0.138. The number of rotatable bonds is 4. The van der Waals surface area contributed by atoms with Crippen LogP contribution in [0.15, 0.2) is 6.07 Å². The van der Waals surface area contributed by atoms with Gasteiger partial charge in [0, 0.05) is 24.2 Å². The Balaban J connectivity index is 2.00. The molecule has 0 atom stereocenters. The first-order chi connectivity index (χ1) is 7.61. The normalized spacial score (nSPS) is 17.7. The molecular formula is C11H17N3O2. The van der Waals surface area contributed by atoms with Gasteiger partial charge in [0.2, 0.25) is 11.8 Å². The zero-order valence-electron chi connectivity index (χ0n) is 9.91. The van der Waals surface area contributed by atoms with Crippen molar-refractivity contribution in [3.63, 3.8) is 0 Å². The average molecular weight is 223 g/mol. The molecule has 0 unspecified atom stereocenters. The molecule has 0 bridgehead atoms. The summed E-state index contributed by atoms with van der Waals surface area (Å²) in [6.07, 6.45) is 0. The van der Waals surface area contributed by atoms with Crippen LogP contribution in [-0.2, 0) is 4.74 Å². The number of aryl methyl sites for hydroxylation is 1. The average Bonchev–Trinajstić information content (AvgIpc) is 2.23. The quantitative estimate of drug-likeness (QED) is 0.832. The standard InChI is InChI=1S/C11H17N3O2/c1-8-4-9(14-10(12-3)13-8)16-7-11(2)5-15-6-11/h4H,5-7H2,1-3H3,(H,12,13,14). The van der Waals surface area contributed by atoms with Crippen LogP contribution in [0.2, 0.25) is 0 Å². The van der Waals surface area contributed by atoms with Crippen LogP contribution in [0.3, 0.4) is 0 Å². The molecule has 88 valence electrons. The second kappa shape index (κ2) is 4.25. The van der Waals surface area contributed by atoms with Gasteiger partial charge in [-0.15, -0.1) is 0 Å². The third-order valence-electron chi connectivity index (χ3n) is 2.52. The van der Waals surface area contributed by atoms with Crippen molar-refractivity contribution in [2.45, 2.75) is 13.8 Å². The maximum Gasteiger partial charge on any atom is 0.225 e. The Hall–Kier alpha value is -1.36. The lowest BCUT2D eigenvalue weighted by Gasteiger charge is -2.37. The topological polar surface area (TPSA) is 56.3 Å². The van der Waals surface area contributed by atoms with Crippen molar-refractivity contribution >= 4 is 5.95 Å². The lowest BCUT2D eigenvalue weighted by atomic mass is 9.90. The predicted octanol–water partition coefficient (Wildman–Crippen LogP) is 1.24. The number of anilines is 1. The Morgan fingerprint density at radius 2 is 2.25 bits per heavy atom. The summed E-state index contributed by atoms with van der Waals surface area (Å²) in [5.41, 5.74) is 1.03. The summed E-state index contributed by atoms with van der Waals surface area (Å²) in [6.45, 7) is 6.21. The van der Waals surface area contributed by atoms with Gasteiger partial charge in [0.15, 0.2) is 0 Å². The number of hydrogen-bond acceptors (Lipinski definition) is 5. The van der Waals surface area contributed by atoms with Crippen LogP contribution in [0.5, 0.6) is 5.88 Å². The highest BCUT2D eigenvalue weighted by molar-refractivity contribution is 5.29. The van der Waals surface area contributed by atoms with Gasteiger partial charge in [-0.05, 0) is 6.92 Å². The fourth-order valence-corrected chi connectivity index (χ4v) is 1.51. The van der Waals surface area contributed by atoms with Crippen molar-refractivity contribution in [1.82, 2.24) is 9.97 Å². The number of ether oxygens (including phenoxy) is 2. The van der Waals surface area contributed by atoms with E-state index in [4.69, 9.17) is 9.47 Å². The van der Waals surface area contributed by atoms with Gasteiger partial charge in [-0.1, -0.05) is 6.92 Å². The van der Waals surface area contributed by atoms with Gasteiger partial charge in [-0.2, -0.15) is 4.98 Å². The molecule has 0 aromatic carbocycles. The van der Waals surface area contributed by atoms with E-state index in [1.165, 1.54) is 0 Å². The van der Waals surface area contributed by atoms with E-state index >= 15 is 0 Å². The first-order valence-corrected chi connectivity index (χ1v) is 5.35. The molecule has 2 heterocycles. The molecular weight excluding hydrogens is 206 g/mol. The van der Waals surface area contributed by atoms with E-state index in [-0.39, 0.29) is 5.41 Å². The molecule has 1 aromatic rings. The lowest BCUT2D eigenvalue weighted by Crippen LogP contribution is -2.44.